The second-order valence-electron chi connectivity index (χ2n) is 6.09. The van der Waals surface area contributed by atoms with Crippen molar-refractivity contribution in [2.24, 2.45) is 11.5 Å². The zero-order valence-electron chi connectivity index (χ0n) is 13.2. The molecule has 0 bridgehead atoms. The SMILES string of the molecule is C[Si](C)(C=CCN)O[Si](C)(C)O[Si](C)(C)C=CCN. The van der Waals surface area contributed by atoms with Gasteiger partial charge in [0, 0.05) is 13.1 Å². The highest BCUT2D eigenvalue weighted by Gasteiger charge is 2.37. The summed E-state index contributed by atoms with van der Waals surface area (Å²) in [6, 6.07) is 0. The molecule has 0 fully saturated rings. The minimum atomic E-state index is -2.13. The third-order valence-corrected chi connectivity index (χ3v) is 12.5. The standard InChI is InChI=1S/C12H30N2O2Si3/c1-17(2,11-7-9-13)15-19(5,6)16-18(3,4)12-8-10-14/h7-8,11-12H,9-10,13-14H2,1-6H3. The van der Waals surface area contributed by atoms with Crippen LogP contribution in [0.5, 0.6) is 0 Å². The summed E-state index contributed by atoms with van der Waals surface area (Å²) >= 11 is 0. The van der Waals surface area contributed by atoms with Gasteiger partial charge in [-0.05, 0) is 39.3 Å². The predicted octanol–water partition coefficient (Wildman–Crippen LogP) is 2.24. The lowest BCUT2D eigenvalue weighted by Gasteiger charge is -2.36. The van der Waals surface area contributed by atoms with Crippen LogP contribution < -0.4 is 11.5 Å². The Morgan fingerprint density at radius 3 is 1.32 bits per heavy atom. The van der Waals surface area contributed by atoms with Crippen LogP contribution in [-0.4, -0.2) is 38.3 Å². The number of hydrogen-bond donors (Lipinski definition) is 2. The first-order valence-corrected chi connectivity index (χ1v) is 15.5. The molecule has 0 aliphatic heterocycles. The Morgan fingerprint density at radius 1 is 0.737 bits per heavy atom. The Bertz CT molecular complexity index is 299. The van der Waals surface area contributed by atoms with Crippen LogP contribution in [0.4, 0.5) is 0 Å². The monoisotopic (exact) mass is 318 g/mol. The summed E-state index contributed by atoms with van der Waals surface area (Å²) in [6.07, 6.45) is 3.96. The molecule has 0 radical (unpaired) electrons. The van der Waals surface area contributed by atoms with Crippen LogP contribution in [0.2, 0.25) is 39.3 Å². The van der Waals surface area contributed by atoms with Crippen molar-refractivity contribution in [3.05, 3.63) is 23.6 Å². The lowest BCUT2D eigenvalue weighted by atomic mass is 10.7. The first kappa shape index (κ1) is 19.0. The van der Waals surface area contributed by atoms with E-state index in [9.17, 15) is 0 Å². The van der Waals surface area contributed by atoms with Crippen LogP contribution in [0.3, 0.4) is 0 Å². The molecule has 19 heavy (non-hydrogen) atoms. The maximum atomic E-state index is 6.33. The molecular weight excluding hydrogens is 288 g/mol. The Labute approximate surface area is 121 Å². The van der Waals surface area contributed by atoms with Gasteiger partial charge in [0.05, 0.1) is 0 Å². The summed E-state index contributed by atoms with van der Waals surface area (Å²) in [6.45, 7) is 14.0. The van der Waals surface area contributed by atoms with Gasteiger partial charge in [0.15, 0.2) is 16.6 Å². The largest absolute Gasteiger partial charge is 0.433 e. The van der Waals surface area contributed by atoms with E-state index in [0.717, 1.165) is 0 Å². The lowest BCUT2D eigenvalue weighted by molar-refractivity contribution is 0.400. The Hall–Kier alpha value is -0.0294. The summed E-state index contributed by atoms with van der Waals surface area (Å²) in [5.74, 6) is 0. The number of rotatable bonds is 8. The minimum absolute atomic E-state index is 0.558. The van der Waals surface area contributed by atoms with Crippen molar-refractivity contribution in [3.8, 4) is 0 Å². The van der Waals surface area contributed by atoms with Crippen LogP contribution in [0, 0.1) is 0 Å². The highest BCUT2D eigenvalue weighted by atomic mass is 28.5. The zero-order valence-corrected chi connectivity index (χ0v) is 16.2. The van der Waals surface area contributed by atoms with Crippen molar-refractivity contribution in [2.75, 3.05) is 13.1 Å². The highest BCUT2D eigenvalue weighted by Crippen LogP contribution is 2.21. The molecule has 7 heteroatoms. The Morgan fingerprint density at radius 2 is 1.05 bits per heavy atom. The van der Waals surface area contributed by atoms with Crippen molar-refractivity contribution in [3.63, 3.8) is 0 Å². The number of hydrogen-bond acceptors (Lipinski definition) is 4. The molecule has 0 spiro atoms. The molecular formula is C12H30N2O2Si3. The van der Waals surface area contributed by atoms with Gasteiger partial charge in [0.1, 0.15) is 0 Å². The molecule has 4 nitrogen and oxygen atoms in total. The summed E-state index contributed by atoms with van der Waals surface area (Å²) in [5.41, 5.74) is 15.3. The van der Waals surface area contributed by atoms with E-state index in [1.165, 1.54) is 0 Å². The quantitative estimate of drug-likeness (QED) is 0.673. The fourth-order valence-electron chi connectivity index (χ4n) is 2.06. The van der Waals surface area contributed by atoms with E-state index in [1.807, 2.05) is 12.2 Å². The normalized spacial score (nSPS) is 14.7. The van der Waals surface area contributed by atoms with Gasteiger partial charge in [0.2, 0.25) is 0 Å². The second kappa shape index (κ2) is 7.67. The van der Waals surface area contributed by atoms with Gasteiger partial charge in [-0.3, -0.25) is 0 Å². The average Bonchev–Trinajstić information content (AvgIpc) is 2.20. The average molecular weight is 319 g/mol. The molecule has 0 aromatic carbocycles. The minimum Gasteiger partial charge on any atom is -0.433 e. The molecule has 0 unspecified atom stereocenters. The van der Waals surface area contributed by atoms with Crippen LogP contribution in [0.1, 0.15) is 0 Å². The van der Waals surface area contributed by atoms with E-state index in [0.29, 0.717) is 13.1 Å². The molecule has 0 amide bonds. The first-order chi connectivity index (χ1) is 8.54. The molecule has 112 valence electrons. The lowest BCUT2D eigenvalue weighted by Crippen LogP contribution is -2.51. The Kier molecular flexibility index (Phi) is 7.66. The summed E-state index contributed by atoms with van der Waals surface area (Å²) in [7, 11) is -5.82. The van der Waals surface area contributed by atoms with Crippen molar-refractivity contribution < 1.29 is 8.23 Å². The van der Waals surface area contributed by atoms with Gasteiger partial charge in [-0.2, -0.15) is 0 Å². The van der Waals surface area contributed by atoms with Crippen molar-refractivity contribution in [1.82, 2.24) is 0 Å². The molecule has 0 aliphatic carbocycles. The van der Waals surface area contributed by atoms with Gasteiger partial charge < -0.3 is 19.7 Å². The first-order valence-electron chi connectivity index (χ1n) is 6.69. The van der Waals surface area contributed by atoms with Crippen molar-refractivity contribution >= 4 is 25.2 Å². The maximum Gasteiger partial charge on any atom is 0.311 e. The molecule has 0 aliphatic rings. The van der Waals surface area contributed by atoms with E-state index in [2.05, 4.69) is 50.7 Å². The van der Waals surface area contributed by atoms with Gasteiger partial charge >= 0.3 is 8.56 Å². The molecule has 0 rings (SSSR count). The van der Waals surface area contributed by atoms with Crippen molar-refractivity contribution in [1.29, 1.82) is 0 Å². The number of nitrogens with two attached hydrogens (primary N) is 2. The third kappa shape index (κ3) is 9.50. The summed E-state index contributed by atoms with van der Waals surface area (Å²) in [5, 5.41) is 0. The third-order valence-electron chi connectivity index (χ3n) is 2.33. The summed E-state index contributed by atoms with van der Waals surface area (Å²) in [4.78, 5) is 0. The highest BCUT2D eigenvalue weighted by molar-refractivity contribution is 6.90. The zero-order chi connectivity index (χ0) is 15.2. The van der Waals surface area contributed by atoms with Gasteiger partial charge in [-0.1, -0.05) is 23.6 Å². The molecule has 0 aromatic rings. The van der Waals surface area contributed by atoms with E-state index in [1.54, 1.807) is 0 Å². The Balaban J connectivity index is 4.71. The molecule has 0 atom stereocenters. The van der Waals surface area contributed by atoms with E-state index < -0.39 is 25.2 Å². The van der Waals surface area contributed by atoms with Crippen LogP contribution in [0.25, 0.3) is 0 Å². The maximum absolute atomic E-state index is 6.33. The van der Waals surface area contributed by atoms with Gasteiger partial charge in [-0.25, -0.2) is 0 Å². The van der Waals surface area contributed by atoms with E-state index >= 15 is 0 Å². The van der Waals surface area contributed by atoms with Gasteiger partial charge in [0.25, 0.3) is 0 Å². The fraction of sp³-hybridized carbons (Fsp3) is 0.667. The fourth-order valence-corrected chi connectivity index (χ4v) is 14.7. The molecule has 0 saturated heterocycles. The van der Waals surface area contributed by atoms with Gasteiger partial charge in [-0.15, -0.1) is 0 Å². The molecule has 0 heterocycles. The molecule has 0 saturated carbocycles. The second-order valence-corrected chi connectivity index (χ2v) is 17.6. The smallest absolute Gasteiger partial charge is 0.311 e. The van der Waals surface area contributed by atoms with E-state index in [4.69, 9.17) is 19.7 Å². The summed E-state index contributed by atoms with van der Waals surface area (Å²) < 4.78 is 12.7. The van der Waals surface area contributed by atoms with Crippen LogP contribution >= 0.6 is 0 Å². The van der Waals surface area contributed by atoms with Crippen LogP contribution in [-0.2, 0) is 8.23 Å². The molecule has 0 aromatic heterocycles. The molecule has 4 N–H and O–H groups in total. The predicted molar refractivity (Wildman–Crippen MR) is 91.0 cm³/mol. The van der Waals surface area contributed by atoms with Crippen molar-refractivity contribution in [2.45, 2.75) is 39.3 Å². The van der Waals surface area contributed by atoms with E-state index in [-0.39, 0.29) is 0 Å². The topological polar surface area (TPSA) is 70.5 Å². The van der Waals surface area contributed by atoms with Crippen LogP contribution in [0.15, 0.2) is 23.6 Å².